The minimum Gasteiger partial charge on any atom is -0.422 e. The molecule has 0 spiro atoms. The van der Waals surface area contributed by atoms with E-state index >= 15 is 0 Å². The highest BCUT2D eigenvalue weighted by Crippen LogP contribution is 2.26. The molecule has 1 aromatic heterocycles. The van der Waals surface area contributed by atoms with Crippen molar-refractivity contribution < 1.29 is 9.21 Å². The number of para-hydroxylation sites is 1. The molecule has 0 unspecified atom stereocenters. The van der Waals surface area contributed by atoms with Crippen molar-refractivity contribution >= 4 is 40.1 Å². The van der Waals surface area contributed by atoms with Crippen molar-refractivity contribution in [1.82, 2.24) is 5.32 Å². The Hall–Kier alpha value is -2.30. The van der Waals surface area contributed by atoms with Crippen molar-refractivity contribution in [3.63, 3.8) is 0 Å². The van der Waals surface area contributed by atoms with Gasteiger partial charge >= 0.3 is 5.63 Å². The smallest absolute Gasteiger partial charge is 0.349 e. The first kappa shape index (κ1) is 16.6. The van der Waals surface area contributed by atoms with Crippen molar-refractivity contribution in [3.05, 3.63) is 80.1 Å². The Morgan fingerprint density at radius 2 is 1.88 bits per heavy atom. The third-order valence-electron chi connectivity index (χ3n) is 3.66. The van der Waals surface area contributed by atoms with Crippen LogP contribution in [0.5, 0.6) is 0 Å². The maximum Gasteiger partial charge on any atom is 0.349 e. The first-order valence-corrected chi connectivity index (χ1v) is 8.00. The lowest BCUT2D eigenvalue weighted by molar-refractivity contribution is 0.0936. The molecule has 24 heavy (non-hydrogen) atoms. The number of carbonyl (C=O) groups is 1. The van der Waals surface area contributed by atoms with E-state index in [0.717, 1.165) is 0 Å². The van der Waals surface area contributed by atoms with E-state index in [1.807, 2.05) is 0 Å². The van der Waals surface area contributed by atoms with Crippen LogP contribution in [0, 0.1) is 0 Å². The van der Waals surface area contributed by atoms with Crippen molar-refractivity contribution in [2.24, 2.45) is 0 Å². The van der Waals surface area contributed by atoms with Gasteiger partial charge in [-0.25, -0.2) is 4.79 Å². The molecule has 1 N–H and O–H groups in total. The van der Waals surface area contributed by atoms with Gasteiger partial charge in [0.25, 0.3) is 5.91 Å². The Morgan fingerprint density at radius 1 is 1.12 bits per heavy atom. The number of rotatable bonds is 3. The number of fused-ring (bicyclic) bond motifs is 1. The summed E-state index contributed by atoms with van der Waals surface area (Å²) in [6.45, 7) is 1.77. The minimum absolute atomic E-state index is 0.0503. The van der Waals surface area contributed by atoms with Gasteiger partial charge in [0.1, 0.15) is 11.1 Å². The van der Waals surface area contributed by atoms with Gasteiger partial charge in [0.05, 0.1) is 6.04 Å². The van der Waals surface area contributed by atoms with Gasteiger partial charge in [0.15, 0.2) is 0 Å². The largest absolute Gasteiger partial charge is 0.422 e. The molecule has 6 heteroatoms. The van der Waals surface area contributed by atoms with E-state index in [4.69, 9.17) is 27.6 Å². The molecule has 1 heterocycles. The maximum absolute atomic E-state index is 12.4. The highest BCUT2D eigenvalue weighted by molar-refractivity contribution is 6.35. The number of hydrogen-bond acceptors (Lipinski definition) is 3. The highest BCUT2D eigenvalue weighted by Gasteiger charge is 2.18. The normalized spacial score (nSPS) is 12.1. The van der Waals surface area contributed by atoms with Crippen LogP contribution < -0.4 is 10.9 Å². The zero-order valence-electron chi connectivity index (χ0n) is 12.7. The molecule has 0 fully saturated rings. The Labute approximate surface area is 148 Å². The molecule has 0 saturated heterocycles. The Balaban J connectivity index is 1.89. The van der Waals surface area contributed by atoms with Crippen LogP contribution >= 0.6 is 23.2 Å². The fourth-order valence-electron chi connectivity index (χ4n) is 2.43. The van der Waals surface area contributed by atoms with Crippen LogP contribution in [-0.4, -0.2) is 5.91 Å². The van der Waals surface area contributed by atoms with Crippen LogP contribution in [0.1, 0.15) is 28.9 Å². The number of hydrogen-bond donors (Lipinski definition) is 1. The predicted molar refractivity (Wildman–Crippen MR) is 94.8 cm³/mol. The summed E-state index contributed by atoms with van der Waals surface area (Å²) in [4.78, 5) is 24.5. The van der Waals surface area contributed by atoms with E-state index in [0.29, 0.717) is 26.6 Å². The zero-order chi connectivity index (χ0) is 17.3. The Morgan fingerprint density at radius 3 is 2.62 bits per heavy atom. The quantitative estimate of drug-likeness (QED) is 0.694. The molecule has 122 valence electrons. The number of benzene rings is 2. The summed E-state index contributed by atoms with van der Waals surface area (Å²) in [5, 5.41) is 4.39. The number of halogens is 2. The summed E-state index contributed by atoms with van der Waals surface area (Å²) in [7, 11) is 0. The van der Waals surface area contributed by atoms with Gasteiger partial charge in [0, 0.05) is 15.4 Å². The van der Waals surface area contributed by atoms with E-state index in [2.05, 4.69) is 5.32 Å². The summed E-state index contributed by atoms with van der Waals surface area (Å²) in [5.41, 5.74) is 0.415. The van der Waals surface area contributed by atoms with Gasteiger partial charge in [-0.3, -0.25) is 4.79 Å². The molecule has 3 aromatic rings. The van der Waals surface area contributed by atoms with Gasteiger partial charge in [-0.15, -0.1) is 0 Å². The van der Waals surface area contributed by atoms with Gasteiger partial charge in [-0.2, -0.15) is 0 Å². The maximum atomic E-state index is 12.4. The summed E-state index contributed by atoms with van der Waals surface area (Å²) in [6, 6.07) is 13.2. The second-order valence-electron chi connectivity index (χ2n) is 5.35. The first-order valence-electron chi connectivity index (χ1n) is 7.24. The summed E-state index contributed by atoms with van der Waals surface area (Å²) in [5.74, 6) is -0.520. The minimum atomic E-state index is -0.680. The van der Waals surface area contributed by atoms with E-state index in [-0.39, 0.29) is 5.56 Å². The van der Waals surface area contributed by atoms with Crippen molar-refractivity contribution in [2.75, 3.05) is 0 Å². The standard InChI is InChI=1S/C18H13Cl2NO3/c1-10(13-7-6-12(19)9-15(13)20)21-17(22)14-8-11-4-2-3-5-16(11)24-18(14)23/h2-10H,1H3,(H,21,22)/t10-/m1/s1. The molecule has 0 radical (unpaired) electrons. The topological polar surface area (TPSA) is 59.3 Å². The van der Waals surface area contributed by atoms with Gasteiger partial charge in [-0.05, 0) is 36.8 Å². The van der Waals surface area contributed by atoms with Crippen LogP contribution in [0.2, 0.25) is 10.0 Å². The van der Waals surface area contributed by atoms with E-state index in [9.17, 15) is 9.59 Å². The average molecular weight is 362 g/mol. The fraction of sp³-hybridized carbons (Fsp3) is 0.111. The van der Waals surface area contributed by atoms with Gasteiger partial charge in [-0.1, -0.05) is 47.5 Å². The molecule has 0 aliphatic carbocycles. The molecular formula is C18H13Cl2NO3. The fourth-order valence-corrected chi connectivity index (χ4v) is 3.00. The average Bonchev–Trinajstić information content (AvgIpc) is 2.53. The number of amides is 1. The van der Waals surface area contributed by atoms with Crippen LogP contribution in [0.3, 0.4) is 0 Å². The van der Waals surface area contributed by atoms with E-state index in [1.54, 1.807) is 49.4 Å². The van der Waals surface area contributed by atoms with Crippen molar-refractivity contribution in [3.8, 4) is 0 Å². The second kappa shape index (κ2) is 6.67. The van der Waals surface area contributed by atoms with Crippen LogP contribution in [0.15, 0.2) is 57.7 Å². The summed E-state index contributed by atoms with van der Waals surface area (Å²) in [6.07, 6.45) is 0. The van der Waals surface area contributed by atoms with Crippen LogP contribution in [0.4, 0.5) is 0 Å². The molecular weight excluding hydrogens is 349 g/mol. The lowest BCUT2D eigenvalue weighted by atomic mass is 10.1. The van der Waals surface area contributed by atoms with Crippen molar-refractivity contribution in [2.45, 2.75) is 13.0 Å². The van der Waals surface area contributed by atoms with E-state index in [1.165, 1.54) is 6.07 Å². The summed E-state index contributed by atoms with van der Waals surface area (Å²) < 4.78 is 5.18. The monoisotopic (exact) mass is 361 g/mol. The van der Waals surface area contributed by atoms with Crippen molar-refractivity contribution in [1.29, 1.82) is 0 Å². The lowest BCUT2D eigenvalue weighted by Gasteiger charge is -2.15. The first-order chi connectivity index (χ1) is 11.5. The zero-order valence-corrected chi connectivity index (χ0v) is 14.2. The highest BCUT2D eigenvalue weighted by atomic mass is 35.5. The Bertz CT molecular complexity index is 981. The molecule has 0 bridgehead atoms. The van der Waals surface area contributed by atoms with Crippen LogP contribution in [-0.2, 0) is 0 Å². The number of nitrogens with one attached hydrogen (secondary N) is 1. The van der Waals surface area contributed by atoms with Crippen LogP contribution in [0.25, 0.3) is 11.0 Å². The lowest BCUT2D eigenvalue weighted by Crippen LogP contribution is -2.30. The molecule has 1 amide bonds. The molecule has 0 saturated carbocycles. The second-order valence-corrected chi connectivity index (χ2v) is 6.19. The molecule has 0 aliphatic heterocycles. The van der Waals surface area contributed by atoms with Gasteiger partial charge in [0.2, 0.25) is 0 Å². The molecule has 3 rings (SSSR count). The third-order valence-corrected chi connectivity index (χ3v) is 4.23. The molecule has 1 atom stereocenters. The Kier molecular flexibility index (Phi) is 4.60. The SMILES string of the molecule is C[C@@H](NC(=O)c1cc2ccccc2oc1=O)c1ccc(Cl)cc1Cl. The predicted octanol–water partition coefficient (Wildman–Crippen LogP) is 4.59. The van der Waals surface area contributed by atoms with E-state index < -0.39 is 17.6 Å². The molecule has 0 aliphatic rings. The van der Waals surface area contributed by atoms with Gasteiger partial charge < -0.3 is 9.73 Å². The third kappa shape index (κ3) is 3.30. The summed E-state index contributed by atoms with van der Waals surface area (Å²) >= 11 is 12.0. The number of carbonyl (C=O) groups excluding carboxylic acids is 1. The molecule has 4 nitrogen and oxygen atoms in total. The molecule has 2 aromatic carbocycles.